The quantitative estimate of drug-likeness (QED) is 0.255. The third kappa shape index (κ3) is 7.22. The number of piperidine rings is 1. The number of aromatic carboxylic acids is 1. The van der Waals surface area contributed by atoms with E-state index in [0.29, 0.717) is 50.5 Å². The number of piperazine rings is 1. The molecule has 2 saturated heterocycles. The summed E-state index contributed by atoms with van der Waals surface area (Å²) in [5.74, 6) is -0.161. The highest BCUT2D eigenvalue weighted by molar-refractivity contribution is 6.00. The van der Waals surface area contributed by atoms with Crippen molar-refractivity contribution in [1.82, 2.24) is 15.1 Å². The number of unbranched alkanes of at least 4 members (excludes halogenated alkanes) is 1. The van der Waals surface area contributed by atoms with Crippen LogP contribution in [0.2, 0.25) is 0 Å². The molecule has 2 heterocycles. The van der Waals surface area contributed by atoms with Crippen molar-refractivity contribution in [1.29, 1.82) is 0 Å². The average Bonchev–Trinajstić information content (AvgIpc) is 3.05. The molecule has 5 rings (SSSR count). The molecule has 0 aliphatic carbocycles. The van der Waals surface area contributed by atoms with Crippen LogP contribution in [0.15, 0.2) is 78.9 Å². The van der Waals surface area contributed by atoms with Crippen molar-refractivity contribution >= 4 is 30.2 Å². The first kappa shape index (κ1) is 34.9. The Morgan fingerprint density at radius 1 is 0.978 bits per heavy atom. The molecule has 246 valence electrons. The molecule has 0 aromatic heterocycles. The van der Waals surface area contributed by atoms with Gasteiger partial charge in [-0.2, -0.15) is 0 Å². The molecule has 0 radical (unpaired) electrons. The van der Waals surface area contributed by atoms with Crippen LogP contribution >= 0.6 is 12.4 Å². The van der Waals surface area contributed by atoms with E-state index < -0.39 is 29.1 Å². The average molecular weight is 650 g/mol. The van der Waals surface area contributed by atoms with Crippen LogP contribution in [0.3, 0.4) is 0 Å². The highest BCUT2D eigenvalue weighted by Crippen LogP contribution is 2.37. The molecule has 0 unspecified atom stereocenters. The van der Waals surface area contributed by atoms with E-state index in [2.05, 4.69) is 17.1 Å². The lowest BCUT2D eigenvalue weighted by molar-refractivity contribution is -0.166. The monoisotopic (exact) mass is 649 g/mol. The Kier molecular flexibility index (Phi) is 11.1. The lowest BCUT2D eigenvalue weighted by Crippen LogP contribution is -2.75. The minimum Gasteiger partial charge on any atom is -0.478 e. The predicted octanol–water partition coefficient (Wildman–Crippen LogP) is 5.40. The first-order valence-corrected chi connectivity index (χ1v) is 15.7. The fourth-order valence-corrected chi connectivity index (χ4v) is 6.45. The summed E-state index contributed by atoms with van der Waals surface area (Å²) in [7, 11) is 0. The number of benzene rings is 3. The van der Waals surface area contributed by atoms with Gasteiger partial charge in [0.05, 0.1) is 11.7 Å². The van der Waals surface area contributed by atoms with Gasteiger partial charge >= 0.3 is 5.97 Å². The van der Waals surface area contributed by atoms with E-state index in [1.807, 2.05) is 68.4 Å². The molecular weight excluding hydrogens is 606 g/mol. The Labute approximate surface area is 277 Å². The number of ether oxygens (including phenoxy) is 1. The molecule has 3 N–H and O–H groups in total. The van der Waals surface area contributed by atoms with Gasteiger partial charge in [-0.1, -0.05) is 69.7 Å². The number of carbonyl (C=O) groups is 3. The van der Waals surface area contributed by atoms with Gasteiger partial charge in [0.25, 0.3) is 0 Å². The number of aliphatic hydroxyl groups is 1. The first-order chi connectivity index (χ1) is 21.5. The normalized spacial score (nSPS) is 18.9. The molecule has 9 nitrogen and oxygen atoms in total. The fraction of sp³-hybridized carbons (Fsp3) is 0.417. The second-order valence-electron chi connectivity index (χ2n) is 12.7. The minimum absolute atomic E-state index is 0. The Morgan fingerprint density at radius 2 is 1.57 bits per heavy atom. The molecule has 46 heavy (non-hydrogen) atoms. The Balaban J connectivity index is 0.00000480. The number of hydrogen-bond donors (Lipinski definition) is 3. The standard InChI is InChI=1S/C36H43N3O6.ClH/c1-4-5-21-39-32(41)30(31(40)35(2,3)27-9-7-6-8-10-27)37-34(44)36(39)19-22-38(23-20-36)24-25-11-15-28(16-12-25)45-29-17-13-26(14-18-29)33(42)43;/h6-18,30-31,40H,4-5,19-24H2,1-3H3,(H,37,44)(H,42,43);1H/t30-,31+;/m1./s1. The van der Waals surface area contributed by atoms with Crippen molar-refractivity contribution in [2.45, 2.75) is 76.1 Å². The van der Waals surface area contributed by atoms with E-state index in [-0.39, 0.29) is 29.8 Å². The van der Waals surface area contributed by atoms with Crippen LogP contribution in [0.25, 0.3) is 0 Å². The summed E-state index contributed by atoms with van der Waals surface area (Å²) in [4.78, 5) is 43.1. The summed E-state index contributed by atoms with van der Waals surface area (Å²) in [6, 6.07) is 22.6. The number of nitrogens with zero attached hydrogens (tertiary/aromatic N) is 2. The van der Waals surface area contributed by atoms with Crippen molar-refractivity contribution in [2.24, 2.45) is 0 Å². The lowest BCUT2D eigenvalue weighted by atomic mass is 9.74. The SMILES string of the molecule is CCCCN1C(=O)[C@@H]([C@H](O)C(C)(C)c2ccccc2)NC(=O)C12CCN(Cc1ccc(Oc3ccc(C(=O)O)cc3)cc1)CC2.Cl. The van der Waals surface area contributed by atoms with Crippen molar-refractivity contribution in [3.8, 4) is 11.5 Å². The van der Waals surface area contributed by atoms with E-state index in [9.17, 15) is 19.5 Å². The largest absolute Gasteiger partial charge is 0.478 e. The van der Waals surface area contributed by atoms with Gasteiger partial charge < -0.3 is 25.2 Å². The Morgan fingerprint density at radius 3 is 2.13 bits per heavy atom. The highest BCUT2D eigenvalue weighted by Gasteiger charge is 2.56. The lowest BCUT2D eigenvalue weighted by Gasteiger charge is -2.53. The molecule has 2 aliphatic heterocycles. The summed E-state index contributed by atoms with van der Waals surface area (Å²) in [5.41, 5.74) is 0.531. The van der Waals surface area contributed by atoms with Gasteiger partial charge in [-0.25, -0.2) is 4.79 Å². The van der Waals surface area contributed by atoms with E-state index in [1.165, 1.54) is 12.1 Å². The number of carbonyl (C=O) groups excluding carboxylic acids is 2. The number of nitrogens with one attached hydrogen (secondary N) is 1. The van der Waals surface area contributed by atoms with Crippen LogP contribution in [0, 0.1) is 0 Å². The van der Waals surface area contributed by atoms with Crippen molar-refractivity contribution < 1.29 is 29.3 Å². The number of carboxylic acids is 1. The molecule has 2 fully saturated rings. The number of hydrogen-bond acceptors (Lipinski definition) is 6. The zero-order chi connectivity index (χ0) is 32.2. The smallest absolute Gasteiger partial charge is 0.335 e. The molecule has 3 aromatic carbocycles. The van der Waals surface area contributed by atoms with Gasteiger partial charge in [-0.15, -0.1) is 12.4 Å². The number of carboxylic acid groups (broad SMARTS) is 1. The van der Waals surface area contributed by atoms with Crippen LogP contribution in [-0.2, 0) is 21.5 Å². The Bertz CT molecular complexity index is 1490. The number of amides is 2. The van der Waals surface area contributed by atoms with Gasteiger partial charge in [-0.05, 0) is 66.8 Å². The van der Waals surface area contributed by atoms with Crippen molar-refractivity contribution in [3.05, 3.63) is 95.6 Å². The van der Waals surface area contributed by atoms with Gasteiger partial charge in [0.2, 0.25) is 11.8 Å². The predicted molar refractivity (Wildman–Crippen MR) is 178 cm³/mol. The third-order valence-corrected chi connectivity index (χ3v) is 9.42. The van der Waals surface area contributed by atoms with Gasteiger partial charge in [0, 0.05) is 31.6 Å². The highest BCUT2D eigenvalue weighted by atomic mass is 35.5. The fourth-order valence-electron chi connectivity index (χ4n) is 6.45. The van der Waals surface area contributed by atoms with E-state index in [4.69, 9.17) is 9.84 Å². The summed E-state index contributed by atoms with van der Waals surface area (Å²) < 4.78 is 5.86. The summed E-state index contributed by atoms with van der Waals surface area (Å²) >= 11 is 0. The maximum absolute atomic E-state index is 14.1. The van der Waals surface area contributed by atoms with Crippen molar-refractivity contribution in [2.75, 3.05) is 19.6 Å². The number of likely N-dealkylation sites (tertiary alicyclic amines) is 1. The molecular formula is C36H44ClN3O6. The molecule has 2 amide bonds. The second-order valence-corrected chi connectivity index (χ2v) is 12.7. The maximum atomic E-state index is 14.1. The van der Waals surface area contributed by atoms with Crippen LogP contribution < -0.4 is 10.1 Å². The van der Waals surface area contributed by atoms with Crippen molar-refractivity contribution in [3.63, 3.8) is 0 Å². The van der Waals surface area contributed by atoms with Crippen LogP contribution in [0.1, 0.15) is 67.9 Å². The zero-order valence-electron chi connectivity index (χ0n) is 26.6. The number of halogens is 1. The van der Waals surface area contributed by atoms with Gasteiger partial charge in [0.15, 0.2) is 0 Å². The van der Waals surface area contributed by atoms with Crippen LogP contribution in [-0.4, -0.2) is 75.1 Å². The van der Waals surface area contributed by atoms with E-state index in [1.54, 1.807) is 17.0 Å². The molecule has 10 heteroatoms. The molecule has 3 aromatic rings. The molecule has 2 aliphatic rings. The topological polar surface area (TPSA) is 119 Å². The second kappa shape index (κ2) is 14.7. The molecule has 0 bridgehead atoms. The van der Waals surface area contributed by atoms with E-state index in [0.717, 1.165) is 24.0 Å². The summed E-state index contributed by atoms with van der Waals surface area (Å²) in [5, 5.41) is 23.6. The Hall–Kier alpha value is -3.92. The van der Waals surface area contributed by atoms with Crippen LogP contribution in [0.4, 0.5) is 0 Å². The van der Waals surface area contributed by atoms with Gasteiger partial charge in [0.1, 0.15) is 23.1 Å². The molecule has 1 spiro atoms. The maximum Gasteiger partial charge on any atom is 0.335 e. The summed E-state index contributed by atoms with van der Waals surface area (Å²) in [6.07, 6.45) is 1.63. The number of rotatable bonds is 11. The first-order valence-electron chi connectivity index (χ1n) is 15.7. The van der Waals surface area contributed by atoms with Gasteiger partial charge in [-0.3, -0.25) is 14.5 Å². The molecule has 2 atom stereocenters. The summed E-state index contributed by atoms with van der Waals surface area (Å²) in [6.45, 7) is 8.37. The third-order valence-electron chi connectivity index (χ3n) is 9.42. The van der Waals surface area contributed by atoms with E-state index >= 15 is 0 Å². The molecule has 0 saturated carbocycles. The minimum atomic E-state index is -1.09. The number of aliphatic hydroxyl groups excluding tert-OH is 1. The zero-order valence-corrected chi connectivity index (χ0v) is 27.5. The van der Waals surface area contributed by atoms with Crippen LogP contribution in [0.5, 0.6) is 11.5 Å².